The number of hydrogen-bond acceptors (Lipinski definition) is 4. The maximum Gasteiger partial charge on any atom is 0.246 e. The smallest absolute Gasteiger partial charge is 0.246 e. The molecule has 4 rings (SSSR count). The maximum absolute atomic E-state index is 12.8. The standard InChI is InChI=1S/C19H21N3O3/c1-12-5-7-14(8-6-12)16-10-15(25-20-16)11-22-13(2)18(23)21-9-3-4-17(21)19(22)24/h5-8,10,13,17H,3-4,9,11H2,1-2H3/t13-,17-/m0/s1. The van der Waals surface area contributed by atoms with E-state index in [1.807, 2.05) is 37.3 Å². The number of aromatic nitrogens is 1. The van der Waals surface area contributed by atoms with E-state index < -0.39 is 6.04 Å². The van der Waals surface area contributed by atoms with Crippen LogP contribution < -0.4 is 0 Å². The van der Waals surface area contributed by atoms with E-state index in [-0.39, 0.29) is 24.4 Å². The van der Waals surface area contributed by atoms with Crippen LogP contribution in [0.4, 0.5) is 0 Å². The average molecular weight is 339 g/mol. The third-order valence-corrected chi connectivity index (χ3v) is 5.16. The molecule has 1 aromatic heterocycles. The van der Waals surface area contributed by atoms with E-state index in [0.717, 1.165) is 24.1 Å². The summed E-state index contributed by atoms with van der Waals surface area (Å²) in [7, 11) is 0. The van der Waals surface area contributed by atoms with Gasteiger partial charge in [0.25, 0.3) is 0 Å². The predicted octanol–water partition coefficient (Wildman–Crippen LogP) is 2.37. The summed E-state index contributed by atoms with van der Waals surface area (Å²) in [6, 6.07) is 9.10. The van der Waals surface area contributed by atoms with Gasteiger partial charge < -0.3 is 14.3 Å². The second-order valence-corrected chi connectivity index (χ2v) is 6.88. The first kappa shape index (κ1) is 15.9. The summed E-state index contributed by atoms with van der Waals surface area (Å²) in [6.07, 6.45) is 1.64. The molecule has 2 aliphatic rings. The van der Waals surface area contributed by atoms with Crippen molar-refractivity contribution in [2.24, 2.45) is 0 Å². The fourth-order valence-electron chi connectivity index (χ4n) is 3.67. The Kier molecular flexibility index (Phi) is 3.82. The van der Waals surface area contributed by atoms with Crippen molar-refractivity contribution in [1.82, 2.24) is 15.0 Å². The highest BCUT2D eigenvalue weighted by Crippen LogP contribution is 2.28. The molecule has 3 heterocycles. The zero-order valence-corrected chi connectivity index (χ0v) is 14.4. The summed E-state index contributed by atoms with van der Waals surface area (Å²) in [5, 5.41) is 4.11. The van der Waals surface area contributed by atoms with Crippen LogP contribution in [0.2, 0.25) is 0 Å². The van der Waals surface area contributed by atoms with Crippen molar-refractivity contribution in [3.05, 3.63) is 41.7 Å². The van der Waals surface area contributed by atoms with Crippen molar-refractivity contribution < 1.29 is 14.1 Å². The van der Waals surface area contributed by atoms with Crippen LogP contribution in [-0.4, -0.2) is 45.4 Å². The molecule has 25 heavy (non-hydrogen) atoms. The summed E-state index contributed by atoms with van der Waals surface area (Å²) in [4.78, 5) is 28.6. The first-order valence-corrected chi connectivity index (χ1v) is 8.68. The van der Waals surface area contributed by atoms with E-state index in [9.17, 15) is 9.59 Å². The molecule has 0 spiro atoms. The number of carbonyl (C=O) groups excluding carboxylic acids is 2. The highest BCUT2D eigenvalue weighted by molar-refractivity contribution is 5.97. The van der Waals surface area contributed by atoms with Crippen LogP contribution in [0.25, 0.3) is 11.3 Å². The summed E-state index contributed by atoms with van der Waals surface area (Å²) in [5.41, 5.74) is 2.89. The number of rotatable bonds is 3. The molecule has 0 radical (unpaired) electrons. The Morgan fingerprint density at radius 1 is 1.20 bits per heavy atom. The Morgan fingerprint density at radius 3 is 2.72 bits per heavy atom. The van der Waals surface area contributed by atoms with Gasteiger partial charge in [-0.2, -0.15) is 0 Å². The number of fused-ring (bicyclic) bond motifs is 1. The van der Waals surface area contributed by atoms with Gasteiger partial charge in [-0.3, -0.25) is 9.59 Å². The second-order valence-electron chi connectivity index (χ2n) is 6.88. The molecule has 0 aliphatic carbocycles. The van der Waals surface area contributed by atoms with Gasteiger partial charge in [-0.15, -0.1) is 0 Å². The number of aryl methyl sites for hydroxylation is 1. The zero-order valence-electron chi connectivity index (χ0n) is 14.4. The van der Waals surface area contributed by atoms with E-state index in [2.05, 4.69) is 5.16 Å². The summed E-state index contributed by atoms with van der Waals surface area (Å²) in [6.45, 7) is 4.78. The molecular weight excluding hydrogens is 318 g/mol. The van der Waals surface area contributed by atoms with E-state index in [1.54, 1.807) is 16.7 Å². The molecule has 2 fully saturated rings. The monoisotopic (exact) mass is 339 g/mol. The molecule has 1 aromatic carbocycles. The molecule has 0 bridgehead atoms. The summed E-state index contributed by atoms with van der Waals surface area (Å²) >= 11 is 0. The lowest BCUT2D eigenvalue weighted by Gasteiger charge is -2.40. The molecule has 0 N–H and O–H groups in total. The quantitative estimate of drug-likeness (QED) is 0.861. The maximum atomic E-state index is 12.8. The molecule has 6 nitrogen and oxygen atoms in total. The predicted molar refractivity (Wildman–Crippen MR) is 91.4 cm³/mol. The molecule has 6 heteroatoms. The van der Waals surface area contributed by atoms with Gasteiger partial charge in [-0.1, -0.05) is 35.0 Å². The Bertz CT molecular complexity index is 812. The van der Waals surface area contributed by atoms with Crippen molar-refractivity contribution in [1.29, 1.82) is 0 Å². The van der Waals surface area contributed by atoms with Crippen LogP contribution in [-0.2, 0) is 16.1 Å². The Balaban J connectivity index is 1.54. The molecular formula is C19H21N3O3. The fourth-order valence-corrected chi connectivity index (χ4v) is 3.67. The van der Waals surface area contributed by atoms with Crippen LogP contribution in [0.15, 0.2) is 34.9 Å². The zero-order chi connectivity index (χ0) is 17.6. The van der Waals surface area contributed by atoms with E-state index in [0.29, 0.717) is 12.3 Å². The number of benzene rings is 1. The van der Waals surface area contributed by atoms with Crippen LogP contribution in [0.5, 0.6) is 0 Å². The van der Waals surface area contributed by atoms with Gasteiger partial charge in [0.15, 0.2) is 5.76 Å². The van der Waals surface area contributed by atoms with Gasteiger partial charge >= 0.3 is 0 Å². The summed E-state index contributed by atoms with van der Waals surface area (Å²) in [5.74, 6) is 0.633. The number of carbonyl (C=O) groups is 2. The Morgan fingerprint density at radius 2 is 1.96 bits per heavy atom. The van der Waals surface area contributed by atoms with Crippen LogP contribution >= 0.6 is 0 Å². The largest absolute Gasteiger partial charge is 0.359 e. The van der Waals surface area contributed by atoms with Crippen LogP contribution in [0.1, 0.15) is 31.1 Å². The highest BCUT2D eigenvalue weighted by Gasteiger charge is 2.46. The SMILES string of the molecule is Cc1ccc(-c2cc(CN3C(=O)[C@@H]4CCCN4C(=O)[C@@H]3C)on2)cc1. The molecule has 0 unspecified atom stereocenters. The minimum atomic E-state index is -0.463. The van der Waals surface area contributed by atoms with E-state index >= 15 is 0 Å². The lowest BCUT2D eigenvalue weighted by molar-refractivity contribution is -0.159. The molecule has 0 saturated carbocycles. The van der Waals surface area contributed by atoms with Crippen molar-refractivity contribution in [2.75, 3.05) is 6.54 Å². The van der Waals surface area contributed by atoms with Crippen molar-refractivity contribution in [3.8, 4) is 11.3 Å². The normalized spacial score (nSPS) is 23.3. The lowest BCUT2D eigenvalue weighted by Crippen LogP contribution is -2.61. The number of amides is 2. The van der Waals surface area contributed by atoms with Gasteiger partial charge in [-0.05, 0) is 26.7 Å². The molecule has 2 saturated heterocycles. The van der Waals surface area contributed by atoms with E-state index in [1.165, 1.54) is 5.56 Å². The lowest BCUT2D eigenvalue weighted by atomic mass is 10.1. The molecule has 2 amide bonds. The average Bonchev–Trinajstić information content (AvgIpc) is 3.27. The van der Waals surface area contributed by atoms with Crippen LogP contribution in [0, 0.1) is 6.92 Å². The number of nitrogens with zero attached hydrogens (tertiary/aromatic N) is 3. The van der Waals surface area contributed by atoms with Crippen molar-refractivity contribution >= 4 is 11.8 Å². The van der Waals surface area contributed by atoms with Gasteiger partial charge in [0, 0.05) is 18.2 Å². The third kappa shape index (κ3) is 2.71. The number of piperazine rings is 1. The number of hydrogen-bond donors (Lipinski definition) is 0. The van der Waals surface area contributed by atoms with Crippen molar-refractivity contribution in [2.45, 2.75) is 45.3 Å². The molecule has 130 valence electrons. The van der Waals surface area contributed by atoms with Crippen molar-refractivity contribution in [3.63, 3.8) is 0 Å². The van der Waals surface area contributed by atoms with Gasteiger partial charge in [0.05, 0.1) is 6.54 Å². The molecule has 2 atom stereocenters. The van der Waals surface area contributed by atoms with Gasteiger partial charge in [0.2, 0.25) is 11.8 Å². The molecule has 2 aliphatic heterocycles. The minimum Gasteiger partial charge on any atom is -0.359 e. The second kappa shape index (κ2) is 6.02. The molecule has 2 aromatic rings. The van der Waals surface area contributed by atoms with Crippen LogP contribution in [0.3, 0.4) is 0 Å². The highest BCUT2D eigenvalue weighted by atomic mass is 16.5. The topological polar surface area (TPSA) is 66.7 Å². The van der Waals surface area contributed by atoms with Gasteiger partial charge in [-0.25, -0.2) is 0 Å². The Labute approximate surface area is 146 Å². The fraction of sp³-hybridized carbons (Fsp3) is 0.421. The first-order valence-electron chi connectivity index (χ1n) is 8.68. The third-order valence-electron chi connectivity index (χ3n) is 5.16. The summed E-state index contributed by atoms with van der Waals surface area (Å²) < 4.78 is 5.43. The van der Waals surface area contributed by atoms with E-state index in [4.69, 9.17) is 4.52 Å². The first-order chi connectivity index (χ1) is 12.0. The minimum absolute atomic E-state index is 0.0119. The Hall–Kier alpha value is -2.63. The van der Waals surface area contributed by atoms with Gasteiger partial charge in [0.1, 0.15) is 17.8 Å².